The number of benzene rings is 1. The maximum atomic E-state index is 12.1. The van der Waals surface area contributed by atoms with Crippen molar-refractivity contribution in [3.63, 3.8) is 0 Å². The van der Waals surface area contributed by atoms with Crippen LogP contribution in [-0.2, 0) is 4.79 Å². The molecular weight excluding hydrogens is 304 g/mol. The Morgan fingerprint density at radius 3 is 2.92 bits per heavy atom. The van der Waals surface area contributed by atoms with E-state index in [-0.39, 0.29) is 11.9 Å². The van der Waals surface area contributed by atoms with Gasteiger partial charge in [0, 0.05) is 18.0 Å². The van der Waals surface area contributed by atoms with Crippen molar-refractivity contribution < 1.29 is 9.53 Å². The summed E-state index contributed by atoms with van der Waals surface area (Å²) in [5, 5.41) is 2.95. The van der Waals surface area contributed by atoms with E-state index in [9.17, 15) is 4.79 Å². The average molecular weight is 326 g/mol. The van der Waals surface area contributed by atoms with Gasteiger partial charge in [-0.25, -0.2) is 9.97 Å². The molecule has 1 atom stereocenters. The van der Waals surface area contributed by atoms with E-state index in [1.165, 1.54) is 6.33 Å². The van der Waals surface area contributed by atoms with Gasteiger partial charge < -0.3 is 10.1 Å². The third kappa shape index (κ3) is 4.08. The SMILES string of the molecule is CN1CCC[C@H]1C(=O)NCCOc1cccc(-c2cncnc2)c1. The number of amides is 1. The average Bonchev–Trinajstić information content (AvgIpc) is 3.06. The molecule has 1 fully saturated rings. The topological polar surface area (TPSA) is 67.4 Å². The third-order valence-electron chi connectivity index (χ3n) is 4.22. The Kier molecular flexibility index (Phi) is 5.38. The minimum absolute atomic E-state index is 0.00593. The highest BCUT2D eigenvalue weighted by Crippen LogP contribution is 2.22. The van der Waals surface area contributed by atoms with Crippen LogP contribution in [0.1, 0.15) is 12.8 Å². The van der Waals surface area contributed by atoms with Crippen molar-refractivity contribution in [1.29, 1.82) is 0 Å². The van der Waals surface area contributed by atoms with Crippen molar-refractivity contribution in [2.24, 2.45) is 0 Å². The van der Waals surface area contributed by atoms with Crippen molar-refractivity contribution >= 4 is 5.91 Å². The summed E-state index contributed by atoms with van der Waals surface area (Å²) in [6, 6.07) is 7.78. The Morgan fingerprint density at radius 2 is 2.17 bits per heavy atom. The number of nitrogens with one attached hydrogen (secondary N) is 1. The normalized spacial score (nSPS) is 17.6. The van der Waals surface area contributed by atoms with Crippen LogP contribution in [-0.4, -0.2) is 53.6 Å². The Morgan fingerprint density at radius 1 is 1.33 bits per heavy atom. The molecule has 1 N–H and O–H groups in total. The zero-order valence-corrected chi connectivity index (χ0v) is 13.8. The second-order valence-corrected chi connectivity index (χ2v) is 5.93. The van der Waals surface area contributed by atoms with E-state index in [2.05, 4.69) is 20.2 Å². The molecule has 0 spiro atoms. The molecule has 1 saturated heterocycles. The smallest absolute Gasteiger partial charge is 0.237 e. The predicted molar refractivity (Wildman–Crippen MR) is 91.6 cm³/mol. The Bertz CT molecular complexity index is 678. The second kappa shape index (κ2) is 7.88. The van der Waals surface area contributed by atoms with Crippen molar-refractivity contribution in [1.82, 2.24) is 20.2 Å². The molecule has 6 nitrogen and oxygen atoms in total. The molecule has 1 aliphatic heterocycles. The fraction of sp³-hybridized carbons (Fsp3) is 0.389. The number of ether oxygens (including phenoxy) is 1. The molecule has 1 aromatic heterocycles. The number of likely N-dealkylation sites (tertiary alicyclic amines) is 1. The summed E-state index contributed by atoms with van der Waals surface area (Å²) in [7, 11) is 1.99. The second-order valence-electron chi connectivity index (χ2n) is 5.93. The number of carbonyl (C=O) groups is 1. The molecule has 0 radical (unpaired) electrons. The van der Waals surface area contributed by atoms with Crippen LogP contribution < -0.4 is 10.1 Å². The Hall–Kier alpha value is -2.47. The van der Waals surface area contributed by atoms with Gasteiger partial charge in [0.2, 0.25) is 5.91 Å². The van der Waals surface area contributed by atoms with Crippen LogP contribution in [0.3, 0.4) is 0 Å². The highest BCUT2D eigenvalue weighted by molar-refractivity contribution is 5.81. The van der Waals surface area contributed by atoms with E-state index >= 15 is 0 Å². The maximum Gasteiger partial charge on any atom is 0.237 e. The number of likely N-dealkylation sites (N-methyl/N-ethyl adjacent to an activating group) is 1. The summed E-state index contributed by atoms with van der Waals surface area (Å²) in [5.41, 5.74) is 1.95. The summed E-state index contributed by atoms with van der Waals surface area (Å²) in [5.74, 6) is 0.859. The largest absolute Gasteiger partial charge is 0.492 e. The molecule has 1 amide bonds. The molecule has 126 valence electrons. The fourth-order valence-corrected chi connectivity index (χ4v) is 2.92. The molecule has 3 rings (SSSR count). The molecule has 0 unspecified atom stereocenters. The Labute approximate surface area is 141 Å². The van der Waals surface area contributed by atoms with Crippen molar-refractivity contribution in [2.75, 3.05) is 26.7 Å². The summed E-state index contributed by atoms with van der Waals surface area (Å²) < 4.78 is 5.74. The molecule has 0 aliphatic carbocycles. The zero-order valence-electron chi connectivity index (χ0n) is 13.8. The van der Waals surface area contributed by atoms with Gasteiger partial charge in [0.25, 0.3) is 0 Å². The van der Waals surface area contributed by atoms with Gasteiger partial charge in [0.1, 0.15) is 18.7 Å². The quantitative estimate of drug-likeness (QED) is 0.819. The van der Waals surface area contributed by atoms with Gasteiger partial charge in [-0.05, 0) is 44.1 Å². The number of aromatic nitrogens is 2. The number of hydrogen-bond acceptors (Lipinski definition) is 5. The van der Waals surface area contributed by atoms with E-state index in [0.29, 0.717) is 13.2 Å². The first-order valence-corrected chi connectivity index (χ1v) is 8.20. The molecule has 2 heterocycles. The monoisotopic (exact) mass is 326 g/mol. The van der Waals surface area contributed by atoms with Crippen LogP contribution in [0.2, 0.25) is 0 Å². The van der Waals surface area contributed by atoms with Crippen LogP contribution in [0, 0.1) is 0 Å². The van der Waals surface area contributed by atoms with E-state index < -0.39 is 0 Å². The molecule has 6 heteroatoms. The molecule has 0 saturated carbocycles. The van der Waals surface area contributed by atoms with Crippen LogP contribution in [0.5, 0.6) is 5.75 Å². The number of carbonyl (C=O) groups excluding carboxylic acids is 1. The van der Waals surface area contributed by atoms with E-state index in [4.69, 9.17) is 4.74 Å². The lowest BCUT2D eigenvalue weighted by Gasteiger charge is -2.18. The van der Waals surface area contributed by atoms with Gasteiger partial charge in [-0.1, -0.05) is 12.1 Å². The first-order valence-electron chi connectivity index (χ1n) is 8.20. The first-order chi connectivity index (χ1) is 11.7. The van der Waals surface area contributed by atoms with Gasteiger partial charge in [-0.3, -0.25) is 9.69 Å². The number of hydrogen-bond donors (Lipinski definition) is 1. The lowest BCUT2D eigenvalue weighted by atomic mass is 10.1. The van der Waals surface area contributed by atoms with Crippen molar-refractivity contribution in [3.05, 3.63) is 43.0 Å². The highest BCUT2D eigenvalue weighted by Gasteiger charge is 2.27. The Balaban J connectivity index is 1.48. The molecule has 2 aromatic rings. The van der Waals surface area contributed by atoms with Crippen molar-refractivity contribution in [3.8, 4) is 16.9 Å². The maximum absolute atomic E-state index is 12.1. The van der Waals surface area contributed by atoms with Crippen LogP contribution >= 0.6 is 0 Å². The third-order valence-corrected chi connectivity index (χ3v) is 4.22. The summed E-state index contributed by atoms with van der Waals surface area (Å²) in [6.45, 7) is 1.93. The van der Waals surface area contributed by atoms with Crippen LogP contribution in [0.25, 0.3) is 11.1 Å². The minimum Gasteiger partial charge on any atom is -0.492 e. The van der Waals surface area contributed by atoms with Crippen molar-refractivity contribution in [2.45, 2.75) is 18.9 Å². The summed E-state index contributed by atoms with van der Waals surface area (Å²) >= 11 is 0. The minimum atomic E-state index is 0.00593. The molecule has 1 aromatic carbocycles. The lowest BCUT2D eigenvalue weighted by molar-refractivity contribution is -0.125. The van der Waals surface area contributed by atoms with Gasteiger partial charge in [0.15, 0.2) is 0 Å². The predicted octanol–water partition coefficient (Wildman–Crippen LogP) is 1.73. The van der Waals surface area contributed by atoms with E-state index in [1.807, 2.05) is 31.3 Å². The van der Waals surface area contributed by atoms with E-state index in [0.717, 1.165) is 36.3 Å². The number of rotatable bonds is 6. The molecule has 1 aliphatic rings. The summed E-state index contributed by atoms with van der Waals surface area (Å²) in [6.07, 6.45) is 7.06. The molecular formula is C18H22N4O2. The summed E-state index contributed by atoms with van der Waals surface area (Å²) in [4.78, 5) is 22.2. The fourth-order valence-electron chi connectivity index (χ4n) is 2.92. The highest BCUT2D eigenvalue weighted by atomic mass is 16.5. The van der Waals surface area contributed by atoms with Crippen LogP contribution in [0.15, 0.2) is 43.0 Å². The van der Waals surface area contributed by atoms with Gasteiger partial charge in [0.05, 0.1) is 12.6 Å². The van der Waals surface area contributed by atoms with Crippen LogP contribution in [0.4, 0.5) is 0 Å². The molecule has 24 heavy (non-hydrogen) atoms. The number of nitrogens with zero attached hydrogens (tertiary/aromatic N) is 3. The zero-order chi connectivity index (χ0) is 16.8. The van der Waals surface area contributed by atoms with E-state index in [1.54, 1.807) is 12.4 Å². The standard InChI is InChI=1S/C18H22N4O2/c1-22-8-3-6-17(22)18(23)21-7-9-24-16-5-2-4-14(10-16)15-11-19-13-20-12-15/h2,4-5,10-13,17H,3,6-9H2,1H3,(H,21,23)/t17-/m0/s1. The first kappa shape index (κ1) is 16.4. The van der Waals surface area contributed by atoms with Gasteiger partial charge in [-0.15, -0.1) is 0 Å². The van der Waals surface area contributed by atoms with Gasteiger partial charge in [-0.2, -0.15) is 0 Å². The molecule has 0 bridgehead atoms. The van der Waals surface area contributed by atoms with Gasteiger partial charge >= 0.3 is 0 Å². The lowest BCUT2D eigenvalue weighted by Crippen LogP contribution is -2.42.